The monoisotopic (exact) mass is 640 g/mol. The van der Waals surface area contributed by atoms with Crippen molar-refractivity contribution in [2.45, 2.75) is 12.0 Å². The van der Waals surface area contributed by atoms with E-state index in [1.807, 2.05) is 12.1 Å². The van der Waals surface area contributed by atoms with Gasteiger partial charge in [-0.1, -0.05) is 146 Å². The first kappa shape index (κ1) is 28.5. The molecule has 0 fully saturated rings. The third kappa shape index (κ3) is 4.53. The zero-order chi connectivity index (χ0) is 33.0. The highest BCUT2D eigenvalue weighted by atomic mass is 15.2. The average Bonchev–Trinajstić information content (AvgIpc) is 3.72. The van der Waals surface area contributed by atoms with E-state index < -0.39 is 0 Å². The summed E-state index contributed by atoms with van der Waals surface area (Å²) < 4.78 is 2.45. The maximum Gasteiger partial charge on any atom is 0.160 e. The third-order valence-electron chi connectivity index (χ3n) is 10.1. The molecule has 4 heteroatoms. The molecule has 0 radical (unpaired) electrons. The zero-order valence-corrected chi connectivity index (χ0v) is 27.3. The van der Waals surface area contributed by atoms with E-state index in [2.05, 4.69) is 179 Å². The first-order valence-corrected chi connectivity index (χ1v) is 17.2. The number of aromatic nitrogens is 3. The molecule has 1 aliphatic carbocycles. The zero-order valence-electron chi connectivity index (χ0n) is 27.3. The van der Waals surface area contributed by atoms with Gasteiger partial charge in [0.2, 0.25) is 0 Å². The number of allylic oxidation sites excluding steroid dienone is 2. The van der Waals surface area contributed by atoms with Crippen molar-refractivity contribution in [3.05, 3.63) is 188 Å². The number of hydrogen-bond donors (Lipinski definition) is 0. The van der Waals surface area contributed by atoms with Gasteiger partial charge in [-0.3, -0.25) is 0 Å². The summed E-state index contributed by atoms with van der Waals surface area (Å²) >= 11 is 0. The Hall–Kier alpha value is -6.52. The maximum absolute atomic E-state index is 5.16. The Morgan fingerprint density at radius 3 is 1.84 bits per heavy atom. The van der Waals surface area contributed by atoms with Crippen molar-refractivity contribution in [3.63, 3.8) is 0 Å². The topological polar surface area (TPSA) is 34.0 Å². The maximum atomic E-state index is 5.16. The average molecular weight is 641 g/mol. The summed E-state index contributed by atoms with van der Waals surface area (Å²) in [6.45, 7) is 0. The molecule has 0 bridgehead atoms. The summed E-state index contributed by atoms with van der Waals surface area (Å²) in [6, 6.07) is 56.0. The first-order chi connectivity index (χ1) is 24.8. The predicted molar refractivity (Wildman–Crippen MR) is 206 cm³/mol. The lowest BCUT2D eigenvalue weighted by molar-refractivity contribution is 0.745. The van der Waals surface area contributed by atoms with E-state index in [0.29, 0.717) is 5.82 Å². The van der Waals surface area contributed by atoms with Crippen LogP contribution in [0.3, 0.4) is 0 Å². The van der Waals surface area contributed by atoms with Gasteiger partial charge in [-0.05, 0) is 42.0 Å². The van der Waals surface area contributed by atoms with Gasteiger partial charge in [0.1, 0.15) is 0 Å². The minimum atomic E-state index is 0.200. The third-order valence-corrected chi connectivity index (χ3v) is 10.1. The summed E-state index contributed by atoms with van der Waals surface area (Å²) in [5, 5.41) is 2.48. The van der Waals surface area contributed by atoms with Crippen molar-refractivity contribution >= 4 is 33.2 Å². The Morgan fingerprint density at radius 2 is 1.10 bits per heavy atom. The lowest BCUT2D eigenvalue weighted by atomic mass is 9.91. The lowest BCUT2D eigenvalue weighted by Gasteiger charge is -2.29. The molecule has 0 N–H and O–H groups in total. The van der Waals surface area contributed by atoms with E-state index in [4.69, 9.17) is 9.97 Å². The van der Waals surface area contributed by atoms with Gasteiger partial charge in [0.25, 0.3) is 0 Å². The summed E-state index contributed by atoms with van der Waals surface area (Å²) in [5.41, 5.74) is 12.2. The second kappa shape index (κ2) is 11.6. The number of fused-ring (bicyclic) bond motifs is 7. The van der Waals surface area contributed by atoms with Crippen LogP contribution in [-0.2, 0) is 0 Å². The van der Waals surface area contributed by atoms with Crippen molar-refractivity contribution < 1.29 is 0 Å². The molecule has 4 nitrogen and oxygen atoms in total. The second-order valence-corrected chi connectivity index (χ2v) is 13.0. The molecular weight excluding hydrogens is 609 g/mol. The molecule has 0 saturated carbocycles. The van der Waals surface area contributed by atoms with E-state index in [1.165, 1.54) is 38.7 Å². The Labute approximate surface area is 290 Å². The SMILES string of the molecule is C1=CC2c3ccc4c5ccccc5n(-c5cccc(-c6nc(-c7ccccc7)cc(-c7ccccc7)n6)c5)c4c3N(c3ccccc3)C2C=C1. The fraction of sp³-hybridized carbons (Fsp3) is 0.0435. The molecule has 2 unspecified atom stereocenters. The van der Waals surface area contributed by atoms with Gasteiger partial charge in [-0.25, -0.2) is 9.97 Å². The van der Waals surface area contributed by atoms with Gasteiger partial charge in [-0.15, -0.1) is 0 Å². The van der Waals surface area contributed by atoms with E-state index in [0.717, 1.165) is 33.8 Å². The molecule has 10 rings (SSSR count). The molecule has 0 spiro atoms. The highest BCUT2D eigenvalue weighted by Crippen LogP contribution is 2.52. The van der Waals surface area contributed by atoms with Crippen molar-refractivity contribution in [1.29, 1.82) is 0 Å². The van der Waals surface area contributed by atoms with Crippen molar-refractivity contribution in [1.82, 2.24) is 14.5 Å². The van der Waals surface area contributed by atoms with Crippen molar-refractivity contribution in [2.75, 3.05) is 4.90 Å². The molecule has 0 saturated heterocycles. The molecular formula is C46H32N4. The van der Waals surface area contributed by atoms with E-state index >= 15 is 0 Å². The Morgan fingerprint density at radius 1 is 0.480 bits per heavy atom. The number of rotatable bonds is 5. The molecule has 3 heterocycles. The molecule has 8 aromatic rings. The Balaban J connectivity index is 1.22. The van der Waals surface area contributed by atoms with Gasteiger partial charge >= 0.3 is 0 Å². The molecule has 2 atom stereocenters. The fourth-order valence-corrected chi connectivity index (χ4v) is 7.89. The van der Waals surface area contributed by atoms with Crippen LogP contribution in [0.15, 0.2) is 182 Å². The van der Waals surface area contributed by atoms with Gasteiger partial charge in [0, 0.05) is 44.8 Å². The summed E-state index contributed by atoms with van der Waals surface area (Å²) in [7, 11) is 0. The van der Waals surface area contributed by atoms with Crippen LogP contribution >= 0.6 is 0 Å². The van der Waals surface area contributed by atoms with Crippen LogP contribution < -0.4 is 4.90 Å². The number of nitrogens with zero attached hydrogens (tertiary/aromatic N) is 4. The molecule has 1 aliphatic heterocycles. The van der Waals surface area contributed by atoms with Gasteiger partial charge in [0.05, 0.1) is 34.2 Å². The molecule has 2 aliphatic rings. The standard InChI is InChI=1S/C46H32N4/c1-4-15-31(16-5-1)40-30-41(32-17-6-2-7-18-32)48-46(47-40)33-19-14-22-35(29-33)50-43-26-13-11-24-37(43)39-28-27-38-36-23-10-12-25-42(36)49(44(38)45(39)50)34-20-8-3-9-21-34/h1-30,36,42H. The Bertz CT molecular complexity index is 2540. The summed E-state index contributed by atoms with van der Waals surface area (Å²) in [5.74, 6) is 0.966. The molecule has 0 amide bonds. The van der Waals surface area contributed by atoms with E-state index in [-0.39, 0.29) is 12.0 Å². The molecule has 236 valence electrons. The second-order valence-electron chi connectivity index (χ2n) is 13.0. The fourth-order valence-electron chi connectivity index (χ4n) is 7.89. The highest BCUT2D eigenvalue weighted by molar-refractivity contribution is 6.15. The molecule has 6 aromatic carbocycles. The minimum absolute atomic E-state index is 0.200. The normalized spacial score (nSPS) is 16.2. The Kier molecular flexibility index (Phi) is 6.59. The molecule has 2 aromatic heterocycles. The number of hydrogen-bond acceptors (Lipinski definition) is 3. The quantitative estimate of drug-likeness (QED) is 0.188. The van der Waals surface area contributed by atoms with Crippen LogP contribution in [0.4, 0.5) is 11.4 Å². The smallest absolute Gasteiger partial charge is 0.160 e. The van der Waals surface area contributed by atoms with Crippen LogP contribution in [0.2, 0.25) is 0 Å². The van der Waals surface area contributed by atoms with Crippen molar-refractivity contribution in [2.24, 2.45) is 0 Å². The van der Waals surface area contributed by atoms with Gasteiger partial charge in [0.15, 0.2) is 5.82 Å². The van der Waals surface area contributed by atoms with Crippen LogP contribution in [0.25, 0.3) is 61.4 Å². The van der Waals surface area contributed by atoms with E-state index in [9.17, 15) is 0 Å². The number of para-hydroxylation sites is 2. The van der Waals surface area contributed by atoms with Crippen LogP contribution in [0, 0.1) is 0 Å². The van der Waals surface area contributed by atoms with Crippen LogP contribution in [0.1, 0.15) is 11.5 Å². The van der Waals surface area contributed by atoms with Crippen LogP contribution in [0.5, 0.6) is 0 Å². The summed E-state index contributed by atoms with van der Waals surface area (Å²) in [6.07, 6.45) is 9.08. The number of benzene rings is 6. The minimum Gasteiger partial charge on any atom is -0.332 e. The van der Waals surface area contributed by atoms with Gasteiger partial charge < -0.3 is 9.47 Å². The van der Waals surface area contributed by atoms with Gasteiger partial charge in [-0.2, -0.15) is 0 Å². The first-order valence-electron chi connectivity index (χ1n) is 17.2. The van der Waals surface area contributed by atoms with Crippen molar-refractivity contribution in [3.8, 4) is 39.6 Å². The summed E-state index contributed by atoms with van der Waals surface area (Å²) in [4.78, 5) is 12.9. The predicted octanol–water partition coefficient (Wildman–Crippen LogP) is 11.3. The molecule has 50 heavy (non-hydrogen) atoms. The van der Waals surface area contributed by atoms with E-state index in [1.54, 1.807) is 0 Å². The lowest BCUT2D eigenvalue weighted by Crippen LogP contribution is -2.28. The largest absolute Gasteiger partial charge is 0.332 e. The highest BCUT2D eigenvalue weighted by Gasteiger charge is 2.39. The number of anilines is 2. The van der Waals surface area contributed by atoms with Crippen LogP contribution in [-0.4, -0.2) is 20.6 Å².